The molecule has 1 heterocycles. The average molecular weight is 311 g/mol. The van der Waals surface area contributed by atoms with E-state index in [1.807, 2.05) is 12.1 Å². The van der Waals surface area contributed by atoms with Crippen LogP contribution in [0.25, 0.3) is 10.6 Å². The highest BCUT2D eigenvalue weighted by molar-refractivity contribution is 9.10. The number of nitrogens with two attached hydrogens (primary N) is 1. The quantitative estimate of drug-likeness (QED) is 0.935. The second kappa shape index (κ2) is 5.76. The Balaban J connectivity index is 2.18. The molecule has 2 N–H and O–H groups in total. The molecule has 1 unspecified atom stereocenters. The molecule has 1 atom stereocenters. The van der Waals surface area contributed by atoms with Crippen LogP contribution in [0.3, 0.4) is 0 Å². The first-order valence-electron chi connectivity index (χ1n) is 5.59. The predicted octanol–water partition coefficient (Wildman–Crippen LogP) is 3.71. The minimum atomic E-state index is 0.493. The van der Waals surface area contributed by atoms with E-state index in [4.69, 9.17) is 5.73 Å². The molecule has 2 nitrogen and oxygen atoms in total. The van der Waals surface area contributed by atoms with E-state index in [0.717, 1.165) is 27.2 Å². The van der Waals surface area contributed by atoms with Gasteiger partial charge in [0.15, 0.2) is 0 Å². The molecule has 0 saturated carbocycles. The summed E-state index contributed by atoms with van der Waals surface area (Å²) in [6.07, 6.45) is 0.959. The first-order chi connectivity index (χ1) is 8.19. The van der Waals surface area contributed by atoms with E-state index in [-0.39, 0.29) is 0 Å². The zero-order valence-electron chi connectivity index (χ0n) is 9.69. The van der Waals surface area contributed by atoms with E-state index in [2.05, 4.69) is 45.4 Å². The molecule has 2 rings (SSSR count). The second-order valence-corrected chi connectivity index (χ2v) is 5.97. The summed E-state index contributed by atoms with van der Waals surface area (Å²) in [7, 11) is 0. The summed E-state index contributed by atoms with van der Waals surface area (Å²) in [5, 5.41) is 3.20. The van der Waals surface area contributed by atoms with Gasteiger partial charge in [0.05, 0.1) is 5.69 Å². The molecule has 0 amide bonds. The van der Waals surface area contributed by atoms with Crippen LogP contribution in [-0.4, -0.2) is 11.5 Å². The lowest BCUT2D eigenvalue weighted by Gasteiger charge is -2.04. The van der Waals surface area contributed by atoms with Crippen LogP contribution in [0.4, 0.5) is 0 Å². The third kappa shape index (κ3) is 3.37. The fourth-order valence-electron chi connectivity index (χ4n) is 1.60. The molecule has 90 valence electrons. The normalized spacial score (nSPS) is 12.6. The van der Waals surface area contributed by atoms with Gasteiger partial charge in [-0.25, -0.2) is 4.98 Å². The molecule has 17 heavy (non-hydrogen) atoms. The van der Waals surface area contributed by atoms with Crippen LogP contribution < -0.4 is 5.73 Å². The minimum absolute atomic E-state index is 0.493. The third-order valence-electron chi connectivity index (χ3n) is 2.58. The number of hydrogen-bond donors (Lipinski definition) is 1. The first kappa shape index (κ1) is 12.7. The highest BCUT2D eigenvalue weighted by Gasteiger charge is 2.07. The molecule has 4 heteroatoms. The summed E-state index contributed by atoms with van der Waals surface area (Å²) in [4.78, 5) is 4.65. The largest absolute Gasteiger partial charge is 0.330 e. The smallest absolute Gasteiger partial charge is 0.123 e. The van der Waals surface area contributed by atoms with E-state index in [0.29, 0.717) is 12.5 Å². The van der Waals surface area contributed by atoms with Gasteiger partial charge >= 0.3 is 0 Å². The van der Waals surface area contributed by atoms with Crippen molar-refractivity contribution in [3.8, 4) is 10.6 Å². The number of halogens is 1. The highest BCUT2D eigenvalue weighted by Crippen LogP contribution is 2.26. The van der Waals surface area contributed by atoms with E-state index in [1.165, 1.54) is 0 Å². The second-order valence-electron chi connectivity index (χ2n) is 4.20. The van der Waals surface area contributed by atoms with Crippen LogP contribution >= 0.6 is 27.3 Å². The van der Waals surface area contributed by atoms with Gasteiger partial charge in [0.1, 0.15) is 5.01 Å². The van der Waals surface area contributed by atoms with Gasteiger partial charge in [0.2, 0.25) is 0 Å². The van der Waals surface area contributed by atoms with Crippen LogP contribution in [0.1, 0.15) is 12.6 Å². The molecular formula is C13H15BrN2S. The summed E-state index contributed by atoms with van der Waals surface area (Å²) in [5.41, 5.74) is 7.93. The van der Waals surface area contributed by atoms with Gasteiger partial charge in [-0.1, -0.05) is 35.0 Å². The Labute approximate surface area is 114 Å². The molecule has 1 aromatic heterocycles. The minimum Gasteiger partial charge on any atom is -0.330 e. The Morgan fingerprint density at radius 1 is 1.47 bits per heavy atom. The van der Waals surface area contributed by atoms with Crippen molar-refractivity contribution in [1.29, 1.82) is 0 Å². The van der Waals surface area contributed by atoms with Crippen molar-refractivity contribution in [2.75, 3.05) is 6.54 Å². The fraction of sp³-hybridized carbons (Fsp3) is 0.308. The standard InChI is InChI=1S/C13H15BrN2S/c1-9(7-15)5-12-8-17-13(16-12)10-3-2-4-11(14)6-10/h2-4,6,8-9H,5,7,15H2,1H3. The van der Waals surface area contributed by atoms with Gasteiger partial charge in [0, 0.05) is 15.4 Å². The van der Waals surface area contributed by atoms with Crippen molar-refractivity contribution in [1.82, 2.24) is 4.98 Å². The lowest BCUT2D eigenvalue weighted by atomic mass is 10.1. The number of rotatable bonds is 4. The number of thiazole rings is 1. The van der Waals surface area contributed by atoms with Gasteiger partial charge in [-0.2, -0.15) is 0 Å². The Bertz CT molecular complexity index is 496. The number of nitrogens with zero attached hydrogens (tertiary/aromatic N) is 1. The Kier molecular flexibility index (Phi) is 4.31. The zero-order valence-corrected chi connectivity index (χ0v) is 12.1. The Hall–Kier alpha value is -0.710. The maximum Gasteiger partial charge on any atom is 0.123 e. The third-order valence-corrected chi connectivity index (χ3v) is 4.02. The molecule has 0 fully saturated rings. The summed E-state index contributed by atoms with van der Waals surface area (Å²) in [5.74, 6) is 0.493. The monoisotopic (exact) mass is 310 g/mol. The molecule has 0 aliphatic heterocycles. The van der Waals surface area contributed by atoms with E-state index in [1.54, 1.807) is 11.3 Å². The zero-order chi connectivity index (χ0) is 12.3. The SMILES string of the molecule is CC(CN)Cc1csc(-c2cccc(Br)c2)n1. The number of hydrogen-bond acceptors (Lipinski definition) is 3. The number of aromatic nitrogens is 1. The fourth-order valence-corrected chi connectivity index (χ4v) is 2.82. The van der Waals surface area contributed by atoms with Crippen molar-refractivity contribution in [2.24, 2.45) is 11.7 Å². The molecule has 0 bridgehead atoms. The summed E-state index contributed by atoms with van der Waals surface area (Å²) in [6.45, 7) is 2.86. The van der Waals surface area contributed by atoms with Gasteiger partial charge in [-0.05, 0) is 31.0 Å². The van der Waals surface area contributed by atoms with Crippen molar-refractivity contribution in [3.63, 3.8) is 0 Å². The van der Waals surface area contributed by atoms with Gasteiger partial charge in [-0.3, -0.25) is 0 Å². The predicted molar refractivity (Wildman–Crippen MR) is 77.2 cm³/mol. The topological polar surface area (TPSA) is 38.9 Å². The lowest BCUT2D eigenvalue weighted by Crippen LogP contribution is -2.13. The molecule has 2 aromatic rings. The number of benzene rings is 1. The van der Waals surface area contributed by atoms with Crippen LogP contribution in [-0.2, 0) is 6.42 Å². The first-order valence-corrected chi connectivity index (χ1v) is 7.26. The highest BCUT2D eigenvalue weighted by atomic mass is 79.9. The molecular weight excluding hydrogens is 296 g/mol. The van der Waals surface area contributed by atoms with Crippen molar-refractivity contribution >= 4 is 27.3 Å². The summed E-state index contributed by atoms with van der Waals surface area (Å²) in [6, 6.07) is 8.23. The van der Waals surface area contributed by atoms with Gasteiger partial charge in [-0.15, -0.1) is 11.3 Å². The maximum absolute atomic E-state index is 5.63. The Morgan fingerprint density at radius 2 is 2.29 bits per heavy atom. The molecule has 0 aliphatic rings. The molecule has 1 aromatic carbocycles. The van der Waals surface area contributed by atoms with Crippen molar-refractivity contribution in [2.45, 2.75) is 13.3 Å². The molecule has 0 aliphatic carbocycles. The van der Waals surface area contributed by atoms with Crippen molar-refractivity contribution in [3.05, 3.63) is 39.8 Å². The van der Waals surface area contributed by atoms with E-state index < -0.39 is 0 Å². The van der Waals surface area contributed by atoms with Gasteiger partial charge in [0.25, 0.3) is 0 Å². The van der Waals surface area contributed by atoms with Crippen LogP contribution in [0.2, 0.25) is 0 Å². The molecule has 0 saturated heterocycles. The molecule has 0 spiro atoms. The van der Waals surface area contributed by atoms with Crippen LogP contribution in [0, 0.1) is 5.92 Å². The summed E-state index contributed by atoms with van der Waals surface area (Å²) >= 11 is 5.17. The average Bonchev–Trinajstić information content (AvgIpc) is 2.77. The summed E-state index contributed by atoms with van der Waals surface area (Å²) < 4.78 is 1.09. The lowest BCUT2D eigenvalue weighted by molar-refractivity contribution is 0.586. The van der Waals surface area contributed by atoms with Crippen LogP contribution in [0.15, 0.2) is 34.1 Å². The van der Waals surface area contributed by atoms with E-state index >= 15 is 0 Å². The van der Waals surface area contributed by atoms with E-state index in [9.17, 15) is 0 Å². The van der Waals surface area contributed by atoms with Gasteiger partial charge < -0.3 is 5.73 Å². The maximum atomic E-state index is 5.63. The van der Waals surface area contributed by atoms with Crippen molar-refractivity contribution < 1.29 is 0 Å². The van der Waals surface area contributed by atoms with Crippen LogP contribution in [0.5, 0.6) is 0 Å². The Morgan fingerprint density at radius 3 is 3.00 bits per heavy atom. The molecule has 0 radical (unpaired) electrons.